The third-order valence-electron chi connectivity index (χ3n) is 1.25. The van der Waals surface area contributed by atoms with Crippen molar-refractivity contribution in [1.82, 2.24) is 0 Å². The van der Waals surface area contributed by atoms with Crippen LogP contribution in [-0.2, 0) is 6.67 Å². The molecule has 0 unspecified atom stereocenters. The lowest BCUT2D eigenvalue weighted by molar-refractivity contribution is 0.485. The largest absolute Gasteiger partial charge is 0.398 e. The number of anilines is 1. The molecule has 1 aromatic carbocycles. The summed E-state index contributed by atoms with van der Waals surface area (Å²) < 4.78 is 12.0. The zero-order valence-corrected chi connectivity index (χ0v) is 6.24. The SMILES string of the molecule is Nc1cc(CF)ccc1S. The molecule has 0 aliphatic heterocycles. The summed E-state index contributed by atoms with van der Waals surface area (Å²) >= 11 is 4.04. The van der Waals surface area contributed by atoms with Crippen molar-refractivity contribution in [3.05, 3.63) is 23.8 Å². The zero-order chi connectivity index (χ0) is 7.56. The number of benzene rings is 1. The molecule has 1 nitrogen and oxygen atoms in total. The molecule has 0 saturated carbocycles. The molecule has 0 radical (unpaired) electrons. The first-order valence-corrected chi connectivity index (χ1v) is 3.32. The van der Waals surface area contributed by atoms with Crippen LogP contribution in [0.5, 0.6) is 0 Å². The van der Waals surface area contributed by atoms with E-state index < -0.39 is 6.67 Å². The summed E-state index contributed by atoms with van der Waals surface area (Å²) in [6, 6.07) is 4.94. The second-order valence-corrected chi connectivity index (χ2v) is 2.51. The Kier molecular flexibility index (Phi) is 2.17. The number of thiol groups is 1. The number of nitrogens with two attached hydrogens (primary N) is 1. The van der Waals surface area contributed by atoms with Crippen molar-refractivity contribution in [3.63, 3.8) is 0 Å². The van der Waals surface area contributed by atoms with Gasteiger partial charge in [0.1, 0.15) is 6.67 Å². The number of hydrogen-bond acceptors (Lipinski definition) is 2. The molecule has 10 heavy (non-hydrogen) atoms. The van der Waals surface area contributed by atoms with Crippen LogP contribution in [0.1, 0.15) is 5.56 Å². The van der Waals surface area contributed by atoms with Gasteiger partial charge in [-0.3, -0.25) is 0 Å². The van der Waals surface area contributed by atoms with Gasteiger partial charge in [0.25, 0.3) is 0 Å². The topological polar surface area (TPSA) is 26.0 Å². The smallest absolute Gasteiger partial charge is 0.115 e. The molecule has 0 fully saturated rings. The van der Waals surface area contributed by atoms with Gasteiger partial charge in [-0.2, -0.15) is 0 Å². The van der Waals surface area contributed by atoms with E-state index in [2.05, 4.69) is 12.6 Å². The van der Waals surface area contributed by atoms with Crippen LogP contribution in [0.25, 0.3) is 0 Å². The summed E-state index contributed by atoms with van der Waals surface area (Å²) in [4.78, 5) is 0.692. The lowest BCUT2D eigenvalue weighted by Gasteiger charge is -1.99. The standard InChI is InChI=1S/C7H8FNS/c8-4-5-1-2-7(10)6(9)3-5/h1-3,10H,4,9H2. The van der Waals surface area contributed by atoms with Gasteiger partial charge in [0.15, 0.2) is 0 Å². The monoisotopic (exact) mass is 157 g/mol. The van der Waals surface area contributed by atoms with Crippen molar-refractivity contribution in [2.45, 2.75) is 11.6 Å². The molecule has 1 rings (SSSR count). The lowest BCUT2D eigenvalue weighted by atomic mass is 10.2. The highest BCUT2D eigenvalue weighted by atomic mass is 32.1. The second-order valence-electron chi connectivity index (χ2n) is 2.03. The Labute approximate surface area is 64.5 Å². The molecule has 0 amide bonds. The normalized spacial score (nSPS) is 9.80. The van der Waals surface area contributed by atoms with Crippen molar-refractivity contribution >= 4 is 18.3 Å². The van der Waals surface area contributed by atoms with Gasteiger partial charge in [-0.1, -0.05) is 6.07 Å². The van der Waals surface area contributed by atoms with Gasteiger partial charge in [0.05, 0.1) is 0 Å². The number of rotatable bonds is 1. The number of alkyl halides is 1. The Hall–Kier alpha value is -0.700. The van der Waals surface area contributed by atoms with E-state index in [4.69, 9.17) is 5.73 Å². The highest BCUT2D eigenvalue weighted by Crippen LogP contribution is 2.17. The number of hydrogen-bond donors (Lipinski definition) is 2. The average Bonchev–Trinajstić information content (AvgIpc) is 1.95. The van der Waals surface area contributed by atoms with Crippen molar-refractivity contribution < 1.29 is 4.39 Å². The summed E-state index contributed by atoms with van der Waals surface area (Å²) in [6.45, 7) is -0.474. The van der Waals surface area contributed by atoms with Crippen molar-refractivity contribution in [1.29, 1.82) is 0 Å². The van der Waals surface area contributed by atoms with Gasteiger partial charge in [-0.15, -0.1) is 12.6 Å². The zero-order valence-electron chi connectivity index (χ0n) is 5.34. The van der Waals surface area contributed by atoms with Gasteiger partial charge in [0.2, 0.25) is 0 Å². The molecule has 3 heteroatoms. The first-order valence-electron chi connectivity index (χ1n) is 2.87. The van der Waals surface area contributed by atoms with Crippen molar-refractivity contribution in [3.8, 4) is 0 Å². The fraction of sp³-hybridized carbons (Fsp3) is 0.143. The van der Waals surface area contributed by atoms with Crippen LogP contribution < -0.4 is 5.73 Å². The van der Waals surface area contributed by atoms with E-state index in [9.17, 15) is 4.39 Å². The summed E-state index contributed by atoms with van der Waals surface area (Å²) in [5.41, 5.74) is 6.57. The first-order chi connectivity index (χ1) is 4.74. The molecule has 0 aliphatic carbocycles. The summed E-state index contributed by atoms with van der Waals surface area (Å²) in [5.74, 6) is 0. The summed E-state index contributed by atoms with van der Waals surface area (Å²) in [7, 11) is 0. The van der Waals surface area contributed by atoms with E-state index in [1.165, 1.54) is 0 Å². The average molecular weight is 157 g/mol. The molecule has 0 bridgehead atoms. The highest BCUT2D eigenvalue weighted by Gasteiger charge is 1.95. The molecule has 0 aromatic heterocycles. The molecule has 0 aliphatic rings. The van der Waals surface area contributed by atoms with E-state index in [0.29, 0.717) is 16.1 Å². The predicted octanol–water partition coefficient (Wildman–Crippen LogP) is 2.03. The Balaban J connectivity index is 3.04. The van der Waals surface area contributed by atoms with Crippen LogP contribution in [-0.4, -0.2) is 0 Å². The van der Waals surface area contributed by atoms with E-state index in [-0.39, 0.29) is 0 Å². The van der Waals surface area contributed by atoms with Crippen molar-refractivity contribution in [2.75, 3.05) is 5.73 Å². The van der Waals surface area contributed by atoms with E-state index in [1.807, 2.05) is 0 Å². The van der Waals surface area contributed by atoms with Crippen LogP contribution in [0.3, 0.4) is 0 Å². The third-order valence-corrected chi connectivity index (χ3v) is 1.65. The molecule has 2 N–H and O–H groups in total. The van der Waals surface area contributed by atoms with Crippen LogP contribution in [0.15, 0.2) is 23.1 Å². The summed E-state index contributed by atoms with van der Waals surface area (Å²) in [5, 5.41) is 0. The number of nitrogen functional groups attached to an aromatic ring is 1. The molecule has 1 aromatic rings. The lowest BCUT2D eigenvalue weighted by Crippen LogP contribution is -1.88. The van der Waals surface area contributed by atoms with Crippen molar-refractivity contribution in [2.24, 2.45) is 0 Å². The maximum Gasteiger partial charge on any atom is 0.115 e. The van der Waals surface area contributed by atoms with Gasteiger partial charge in [0, 0.05) is 10.6 Å². The molecular weight excluding hydrogens is 149 g/mol. The van der Waals surface area contributed by atoms with Gasteiger partial charge < -0.3 is 5.73 Å². The fourth-order valence-corrected chi connectivity index (χ4v) is 0.826. The Morgan fingerprint density at radius 3 is 2.70 bits per heavy atom. The first kappa shape index (κ1) is 7.41. The maximum absolute atomic E-state index is 12.0. The Bertz CT molecular complexity index is 237. The second kappa shape index (κ2) is 2.92. The van der Waals surface area contributed by atoms with Gasteiger partial charge in [-0.05, 0) is 17.7 Å². The highest BCUT2D eigenvalue weighted by molar-refractivity contribution is 7.80. The molecule has 0 atom stereocenters. The van der Waals surface area contributed by atoms with Crippen LogP contribution in [0.4, 0.5) is 10.1 Å². The minimum atomic E-state index is -0.474. The van der Waals surface area contributed by atoms with E-state index >= 15 is 0 Å². The number of halogens is 1. The molecule has 0 heterocycles. The Morgan fingerprint density at radius 2 is 2.20 bits per heavy atom. The van der Waals surface area contributed by atoms with Gasteiger partial charge in [-0.25, -0.2) is 4.39 Å². The quantitative estimate of drug-likeness (QED) is 0.473. The predicted molar refractivity (Wildman–Crippen MR) is 42.9 cm³/mol. The maximum atomic E-state index is 12.0. The van der Waals surface area contributed by atoms with Crippen LogP contribution in [0.2, 0.25) is 0 Å². The van der Waals surface area contributed by atoms with E-state index in [0.717, 1.165) is 0 Å². The van der Waals surface area contributed by atoms with Crippen LogP contribution in [0, 0.1) is 0 Å². The molecule has 54 valence electrons. The fourth-order valence-electron chi connectivity index (χ4n) is 0.687. The molecule has 0 saturated heterocycles. The molecular formula is C7H8FNS. The van der Waals surface area contributed by atoms with E-state index in [1.54, 1.807) is 18.2 Å². The third kappa shape index (κ3) is 1.42. The Morgan fingerprint density at radius 1 is 1.50 bits per heavy atom. The van der Waals surface area contributed by atoms with Crippen LogP contribution >= 0.6 is 12.6 Å². The minimum Gasteiger partial charge on any atom is -0.398 e. The van der Waals surface area contributed by atoms with Gasteiger partial charge >= 0.3 is 0 Å². The minimum absolute atomic E-state index is 0.474. The summed E-state index contributed by atoms with van der Waals surface area (Å²) in [6.07, 6.45) is 0. The molecule has 0 spiro atoms.